The number of hydrogen-bond donors (Lipinski definition) is 1. The highest BCUT2D eigenvalue weighted by atomic mass is 32.1. The summed E-state index contributed by atoms with van der Waals surface area (Å²) in [4.78, 5) is 13.8. The van der Waals surface area contributed by atoms with Gasteiger partial charge in [0.2, 0.25) is 0 Å². The van der Waals surface area contributed by atoms with E-state index < -0.39 is 0 Å². The molecule has 20 heavy (non-hydrogen) atoms. The molecule has 0 saturated carbocycles. The van der Waals surface area contributed by atoms with Crippen molar-refractivity contribution in [3.8, 4) is 11.3 Å². The van der Waals surface area contributed by atoms with Crippen LogP contribution >= 0.6 is 12.6 Å². The zero-order valence-corrected chi connectivity index (χ0v) is 11.6. The highest BCUT2D eigenvalue weighted by molar-refractivity contribution is 7.81. The van der Waals surface area contributed by atoms with Crippen molar-refractivity contribution in [2.24, 2.45) is 0 Å². The molecule has 1 aliphatic heterocycles. The van der Waals surface area contributed by atoms with Crippen LogP contribution < -0.4 is 5.46 Å². The van der Waals surface area contributed by atoms with E-state index in [1.54, 1.807) is 17.0 Å². The fourth-order valence-corrected chi connectivity index (χ4v) is 2.43. The molecule has 2 heterocycles. The summed E-state index contributed by atoms with van der Waals surface area (Å²) in [6.07, 6.45) is 0. The number of thiol groups is 1. The summed E-state index contributed by atoms with van der Waals surface area (Å²) in [7, 11) is 5.64. The molecular formula is C14H12BN3OS. The van der Waals surface area contributed by atoms with Gasteiger partial charge in [0, 0.05) is 23.9 Å². The third kappa shape index (κ3) is 2.56. The standard InChI is InChI=1S/C14H12BN3OS/c15-10-3-1-9(2-4-10)12-5-6-13(17-16-12)14(19)18-7-11(20)8-18/h1-6,11,20H,7-8H2. The third-order valence-corrected chi connectivity index (χ3v) is 3.57. The molecule has 1 amide bonds. The Hall–Kier alpha value is -1.82. The fourth-order valence-electron chi connectivity index (χ4n) is 2.04. The Bertz CT molecular complexity index is 624. The summed E-state index contributed by atoms with van der Waals surface area (Å²) in [5, 5.41) is 8.39. The molecule has 2 aromatic rings. The van der Waals surface area contributed by atoms with Crippen molar-refractivity contribution in [2.45, 2.75) is 5.25 Å². The summed E-state index contributed by atoms with van der Waals surface area (Å²) in [5.74, 6) is -0.0911. The first-order chi connectivity index (χ1) is 9.63. The van der Waals surface area contributed by atoms with Crippen molar-refractivity contribution in [1.82, 2.24) is 15.1 Å². The highest BCUT2D eigenvalue weighted by Gasteiger charge is 2.29. The van der Waals surface area contributed by atoms with Crippen LogP contribution in [-0.4, -0.2) is 47.2 Å². The molecule has 1 fully saturated rings. The maximum atomic E-state index is 12.0. The molecule has 98 valence electrons. The second kappa shape index (κ2) is 5.29. The van der Waals surface area contributed by atoms with Crippen LogP contribution in [0.2, 0.25) is 0 Å². The van der Waals surface area contributed by atoms with Crippen molar-refractivity contribution < 1.29 is 4.79 Å². The van der Waals surface area contributed by atoms with Gasteiger partial charge in [-0.2, -0.15) is 12.6 Å². The predicted molar refractivity (Wildman–Crippen MR) is 81.5 cm³/mol. The van der Waals surface area contributed by atoms with Crippen LogP contribution in [0, 0.1) is 0 Å². The van der Waals surface area contributed by atoms with Gasteiger partial charge in [-0.25, -0.2) is 0 Å². The molecule has 1 aromatic heterocycles. The van der Waals surface area contributed by atoms with Gasteiger partial charge in [0.05, 0.1) is 5.69 Å². The van der Waals surface area contributed by atoms with Crippen LogP contribution in [0.4, 0.5) is 0 Å². The summed E-state index contributed by atoms with van der Waals surface area (Å²) in [6, 6.07) is 10.9. The maximum Gasteiger partial charge on any atom is 0.274 e. The minimum absolute atomic E-state index is 0.0911. The molecule has 0 atom stereocenters. The Kier molecular flexibility index (Phi) is 3.48. The van der Waals surface area contributed by atoms with E-state index in [-0.39, 0.29) is 11.2 Å². The van der Waals surface area contributed by atoms with Crippen LogP contribution in [0.5, 0.6) is 0 Å². The predicted octanol–water partition coefficient (Wildman–Crippen LogP) is 0.692. The summed E-state index contributed by atoms with van der Waals surface area (Å²) in [5.41, 5.74) is 2.71. The largest absolute Gasteiger partial charge is 0.335 e. The van der Waals surface area contributed by atoms with Gasteiger partial charge < -0.3 is 4.90 Å². The van der Waals surface area contributed by atoms with Crippen molar-refractivity contribution in [3.63, 3.8) is 0 Å². The Morgan fingerprint density at radius 2 is 1.85 bits per heavy atom. The lowest BCUT2D eigenvalue weighted by atomic mass is 9.95. The van der Waals surface area contributed by atoms with Gasteiger partial charge in [-0.1, -0.05) is 29.7 Å². The summed E-state index contributed by atoms with van der Waals surface area (Å²) >= 11 is 4.28. The van der Waals surface area contributed by atoms with E-state index in [9.17, 15) is 4.79 Å². The molecule has 0 aliphatic carbocycles. The molecule has 2 radical (unpaired) electrons. The molecule has 4 nitrogen and oxygen atoms in total. The Morgan fingerprint density at radius 1 is 1.15 bits per heavy atom. The molecule has 0 bridgehead atoms. The molecule has 1 aliphatic rings. The quantitative estimate of drug-likeness (QED) is 0.651. The topological polar surface area (TPSA) is 46.1 Å². The minimum Gasteiger partial charge on any atom is -0.335 e. The van der Waals surface area contributed by atoms with Gasteiger partial charge in [-0.15, -0.1) is 10.2 Å². The minimum atomic E-state index is -0.0911. The number of amides is 1. The first-order valence-electron chi connectivity index (χ1n) is 6.30. The smallest absolute Gasteiger partial charge is 0.274 e. The van der Waals surface area contributed by atoms with E-state index in [1.165, 1.54) is 0 Å². The molecule has 1 aromatic carbocycles. The van der Waals surface area contributed by atoms with E-state index in [2.05, 4.69) is 22.8 Å². The number of rotatable bonds is 2. The lowest BCUT2D eigenvalue weighted by Crippen LogP contribution is -2.51. The van der Waals surface area contributed by atoms with E-state index in [1.807, 2.05) is 24.3 Å². The Labute approximate surface area is 124 Å². The van der Waals surface area contributed by atoms with Gasteiger partial charge in [-0.3, -0.25) is 4.79 Å². The van der Waals surface area contributed by atoms with Crippen molar-refractivity contribution >= 4 is 31.8 Å². The van der Waals surface area contributed by atoms with Gasteiger partial charge in [-0.05, 0) is 12.1 Å². The molecule has 0 unspecified atom stereocenters. The number of benzene rings is 1. The monoisotopic (exact) mass is 281 g/mol. The third-order valence-electron chi connectivity index (χ3n) is 3.24. The Morgan fingerprint density at radius 3 is 2.40 bits per heavy atom. The summed E-state index contributed by atoms with van der Waals surface area (Å²) in [6.45, 7) is 1.34. The number of carbonyl (C=O) groups is 1. The molecule has 3 rings (SSSR count). The molecule has 0 N–H and O–H groups in total. The molecular weight excluding hydrogens is 269 g/mol. The van der Waals surface area contributed by atoms with Gasteiger partial charge in [0.25, 0.3) is 5.91 Å². The first kappa shape index (κ1) is 13.2. The van der Waals surface area contributed by atoms with Crippen molar-refractivity contribution in [1.29, 1.82) is 0 Å². The Balaban J connectivity index is 1.77. The summed E-state index contributed by atoms with van der Waals surface area (Å²) < 4.78 is 0. The second-order valence-electron chi connectivity index (χ2n) is 4.79. The normalized spacial score (nSPS) is 14.9. The van der Waals surface area contributed by atoms with Crippen LogP contribution in [0.1, 0.15) is 10.5 Å². The number of carbonyl (C=O) groups excluding carboxylic acids is 1. The lowest BCUT2D eigenvalue weighted by molar-refractivity contribution is 0.0658. The first-order valence-corrected chi connectivity index (χ1v) is 6.82. The zero-order valence-electron chi connectivity index (χ0n) is 10.7. The van der Waals surface area contributed by atoms with Crippen LogP contribution in [0.15, 0.2) is 36.4 Å². The highest BCUT2D eigenvalue weighted by Crippen LogP contribution is 2.18. The number of likely N-dealkylation sites (tertiary alicyclic amines) is 1. The average molecular weight is 281 g/mol. The van der Waals surface area contributed by atoms with Crippen LogP contribution in [0.25, 0.3) is 11.3 Å². The van der Waals surface area contributed by atoms with Gasteiger partial charge in [0.15, 0.2) is 5.69 Å². The van der Waals surface area contributed by atoms with E-state index in [4.69, 9.17) is 7.85 Å². The van der Waals surface area contributed by atoms with E-state index in [0.29, 0.717) is 24.2 Å². The number of hydrogen-bond acceptors (Lipinski definition) is 4. The van der Waals surface area contributed by atoms with Gasteiger partial charge >= 0.3 is 0 Å². The van der Waals surface area contributed by atoms with Crippen LogP contribution in [0.3, 0.4) is 0 Å². The van der Waals surface area contributed by atoms with E-state index in [0.717, 1.165) is 11.3 Å². The molecule has 1 saturated heterocycles. The number of aromatic nitrogens is 2. The van der Waals surface area contributed by atoms with Crippen molar-refractivity contribution in [2.75, 3.05) is 13.1 Å². The fraction of sp³-hybridized carbons (Fsp3) is 0.214. The van der Waals surface area contributed by atoms with E-state index >= 15 is 0 Å². The molecule has 0 spiro atoms. The van der Waals surface area contributed by atoms with Crippen molar-refractivity contribution in [3.05, 3.63) is 42.1 Å². The average Bonchev–Trinajstić information content (AvgIpc) is 2.44. The maximum absolute atomic E-state index is 12.0. The second-order valence-corrected chi connectivity index (χ2v) is 5.52. The van der Waals surface area contributed by atoms with Gasteiger partial charge in [0.1, 0.15) is 7.85 Å². The lowest BCUT2D eigenvalue weighted by Gasteiger charge is -2.35. The molecule has 6 heteroatoms. The SMILES string of the molecule is [B]c1ccc(-c2ccc(C(=O)N3CC(S)C3)nn2)cc1. The van der Waals surface area contributed by atoms with Crippen LogP contribution in [-0.2, 0) is 0 Å². The number of nitrogens with zero attached hydrogens (tertiary/aromatic N) is 3. The zero-order chi connectivity index (χ0) is 14.1.